The Morgan fingerprint density at radius 3 is 2.22 bits per heavy atom. The van der Waals surface area contributed by atoms with Crippen LogP contribution in [0.5, 0.6) is 5.75 Å². The molecule has 0 heterocycles. The number of carbonyl (C=O) groups excluding carboxylic acids is 1. The van der Waals surface area contributed by atoms with Crippen molar-refractivity contribution in [3.63, 3.8) is 0 Å². The molecule has 146 valence electrons. The van der Waals surface area contributed by atoms with Gasteiger partial charge in [0, 0.05) is 24.5 Å². The van der Waals surface area contributed by atoms with Crippen molar-refractivity contribution >= 4 is 17.4 Å². The van der Waals surface area contributed by atoms with Crippen LogP contribution >= 0.6 is 0 Å². The van der Waals surface area contributed by atoms with Gasteiger partial charge in [-0.05, 0) is 62.6 Å². The van der Waals surface area contributed by atoms with Crippen molar-refractivity contribution in [1.82, 2.24) is 5.32 Å². The first-order valence-electron chi connectivity index (χ1n) is 9.62. The Hall–Kier alpha value is -2.69. The number of nitrogens with zero attached hydrogens (tertiary/aromatic N) is 1. The van der Waals surface area contributed by atoms with Gasteiger partial charge in [-0.2, -0.15) is 0 Å². The average molecular weight is 370 g/mol. The second-order valence-corrected chi connectivity index (χ2v) is 6.77. The van der Waals surface area contributed by atoms with Crippen molar-refractivity contribution in [2.45, 2.75) is 46.8 Å². The first-order chi connectivity index (χ1) is 12.9. The first-order valence-corrected chi connectivity index (χ1v) is 9.62. The summed E-state index contributed by atoms with van der Waals surface area (Å²) in [5.74, 6) is 1.15. The van der Waals surface area contributed by atoms with Gasteiger partial charge in [0.15, 0.2) is 6.23 Å². The molecule has 0 saturated heterocycles. The van der Waals surface area contributed by atoms with Gasteiger partial charge in [-0.3, -0.25) is 0 Å². The zero-order valence-electron chi connectivity index (χ0n) is 17.0. The molecule has 0 aliphatic rings. The minimum atomic E-state index is -0.445. The van der Waals surface area contributed by atoms with Crippen LogP contribution in [0.1, 0.15) is 46.1 Å². The van der Waals surface area contributed by atoms with E-state index >= 15 is 0 Å². The normalized spacial score (nSPS) is 11.8. The van der Waals surface area contributed by atoms with Gasteiger partial charge in [-0.1, -0.05) is 32.0 Å². The van der Waals surface area contributed by atoms with E-state index in [1.807, 2.05) is 55.5 Å². The summed E-state index contributed by atoms with van der Waals surface area (Å²) >= 11 is 0. The van der Waals surface area contributed by atoms with Crippen molar-refractivity contribution in [3.8, 4) is 5.75 Å². The molecule has 27 heavy (non-hydrogen) atoms. The lowest BCUT2D eigenvalue weighted by Crippen LogP contribution is -2.39. The lowest BCUT2D eigenvalue weighted by Gasteiger charge is -2.21. The number of ether oxygens (including phenoxy) is 1. The molecule has 0 aliphatic carbocycles. The van der Waals surface area contributed by atoms with Crippen LogP contribution < -0.4 is 20.3 Å². The summed E-state index contributed by atoms with van der Waals surface area (Å²) in [6.07, 6.45) is -0.445. The van der Waals surface area contributed by atoms with Gasteiger partial charge < -0.3 is 20.3 Å². The van der Waals surface area contributed by atoms with Crippen LogP contribution in [0, 0.1) is 0 Å². The van der Waals surface area contributed by atoms with Gasteiger partial charge in [-0.25, -0.2) is 4.79 Å². The summed E-state index contributed by atoms with van der Waals surface area (Å²) in [6.45, 7) is 12.2. The Morgan fingerprint density at radius 1 is 1.00 bits per heavy atom. The highest BCUT2D eigenvalue weighted by Gasteiger charge is 2.13. The molecule has 2 aromatic carbocycles. The van der Waals surface area contributed by atoms with E-state index in [2.05, 4.69) is 43.2 Å². The third-order valence-electron chi connectivity index (χ3n) is 4.43. The molecule has 0 spiro atoms. The standard InChI is InChI=1S/C22H31N3O2/c1-6-25(7-2)19-14-12-18(13-15-19)24-22(26)23-17(5)27-21-11-9-8-10-20(21)16(3)4/h8-17H,6-7H2,1-5H3,(H2,23,24,26). The molecule has 2 N–H and O–H groups in total. The van der Waals surface area contributed by atoms with Crippen molar-refractivity contribution < 1.29 is 9.53 Å². The van der Waals surface area contributed by atoms with E-state index in [1.165, 1.54) is 0 Å². The summed E-state index contributed by atoms with van der Waals surface area (Å²) in [7, 11) is 0. The Morgan fingerprint density at radius 2 is 1.63 bits per heavy atom. The summed E-state index contributed by atoms with van der Waals surface area (Å²) in [4.78, 5) is 14.5. The molecule has 0 fully saturated rings. The maximum absolute atomic E-state index is 12.3. The summed E-state index contributed by atoms with van der Waals surface area (Å²) in [5, 5.41) is 5.67. The van der Waals surface area contributed by atoms with Crippen molar-refractivity contribution in [2.24, 2.45) is 0 Å². The molecule has 2 rings (SSSR count). The molecule has 2 amide bonds. The SMILES string of the molecule is CCN(CC)c1ccc(NC(=O)NC(C)Oc2ccccc2C(C)C)cc1. The number of urea groups is 1. The second-order valence-electron chi connectivity index (χ2n) is 6.77. The maximum atomic E-state index is 12.3. The Bertz CT molecular complexity index is 725. The van der Waals surface area contributed by atoms with E-state index in [0.717, 1.165) is 35.8 Å². The number of amides is 2. The topological polar surface area (TPSA) is 53.6 Å². The van der Waals surface area contributed by atoms with E-state index in [9.17, 15) is 4.79 Å². The lowest BCUT2D eigenvalue weighted by molar-refractivity contribution is 0.181. The number of nitrogens with one attached hydrogen (secondary N) is 2. The highest BCUT2D eigenvalue weighted by molar-refractivity contribution is 5.89. The van der Waals surface area contributed by atoms with Crippen LogP contribution in [0.15, 0.2) is 48.5 Å². The zero-order chi connectivity index (χ0) is 19.8. The third kappa shape index (κ3) is 5.91. The van der Waals surface area contributed by atoms with Gasteiger partial charge in [0.1, 0.15) is 5.75 Å². The molecule has 0 aliphatic heterocycles. The number of hydrogen-bond donors (Lipinski definition) is 2. The second kappa shape index (κ2) is 9.86. The van der Waals surface area contributed by atoms with Crippen LogP contribution in [-0.2, 0) is 0 Å². The molecule has 0 bridgehead atoms. The van der Waals surface area contributed by atoms with E-state index in [-0.39, 0.29) is 6.03 Å². The number of para-hydroxylation sites is 1. The Labute approximate surface area is 162 Å². The van der Waals surface area contributed by atoms with Crippen LogP contribution in [-0.4, -0.2) is 25.3 Å². The average Bonchev–Trinajstić information content (AvgIpc) is 2.64. The molecular formula is C22H31N3O2. The molecule has 5 nitrogen and oxygen atoms in total. The Kier molecular flexibility index (Phi) is 7.53. The van der Waals surface area contributed by atoms with Crippen LogP contribution in [0.25, 0.3) is 0 Å². The molecule has 0 aromatic heterocycles. The number of hydrogen-bond acceptors (Lipinski definition) is 3. The van der Waals surface area contributed by atoms with Crippen LogP contribution in [0.3, 0.4) is 0 Å². The maximum Gasteiger partial charge on any atom is 0.322 e. The highest BCUT2D eigenvalue weighted by atomic mass is 16.5. The Balaban J connectivity index is 1.92. The predicted molar refractivity (Wildman–Crippen MR) is 113 cm³/mol. The van der Waals surface area contributed by atoms with E-state index in [4.69, 9.17) is 4.74 Å². The summed E-state index contributed by atoms with van der Waals surface area (Å²) in [6, 6.07) is 15.5. The fourth-order valence-corrected chi connectivity index (χ4v) is 2.98. The van der Waals surface area contributed by atoms with Gasteiger partial charge >= 0.3 is 6.03 Å². The van der Waals surface area contributed by atoms with Gasteiger partial charge in [0.2, 0.25) is 0 Å². The number of benzene rings is 2. The molecule has 0 radical (unpaired) electrons. The largest absolute Gasteiger partial charge is 0.471 e. The molecular weight excluding hydrogens is 338 g/mol. The zero-order valence-corrected chi connectivity index (χ0v) is 17.0. The van der Waals surface area contributed by atoms with E-state index in [0.29, 0.717) is 5.92 Å². The van der Waals surface area contributed by atoms with Crippen molar-refractivity contribution in [1.29, 1.82) is 0 Å². The molecule has 0 saturated carbocycles. The minimum Gasteiger partial charge on any atom is -0.471 e. The third-order valence-corrected chi connectivity index (χ3v) is 4.43. The lowest BCUT2D eigenvalue weighted by atomic mass is 10.0. The monoisotopic (exact) mass is 369 g/mol. The smallest absolute Gasteiger partial charge is 0.322 e. The fraction of sp³-hybridized carbons (Fsp3) is 0.409. The quantitative estimate of drug-likeness (QED) is 0.629. The summed E-state index contributed by atoms with van der Waals surface area (Å²) < 4.78 is 5.92. The van der Waals surface area contributed by atoms with Gasteiger partial charge in [0.05, 0.1) is 0 Å². The van der Waals surface area contributed by atoms with Crippen LogP contribution in [0.4, 0.5) is 16.2 Å². The first kappa shape index (κ1) is 20.6. The summed E-state index contributed by atoms with van der Waals surface area (Å²) in [5.41, 5.74) is 3.02. The van der Waals surface area contributed by atoms with Crippen molar-refractivity contribution in [2.75, 3.05) is 23.3 Å². The van der Waals surface area contributed by atoms with E-state index < -0.39 is 6.23 Å². The number of rotatable bonds is 8. The predicted octanol–water partition coefficient (Wildman–Crippen LogP) is 5.20. The highest BCUT2D eigenvalue weighted by Crippen LogP contribution is 2.26. The van der Waals surface area contributed by atoms with Crippen LogP contribution in [0.2, 0.25) is 0 Å². The molecule has 1 atom stereocenters. The number of carbonyl (C=O) groups is 1. The van der Waals surface area contributed by atoms with Gasteiger partial charge in [0.25, 0.3) is 0 Å². The molecule has 2 aromatic rings. The molecule has 5 heteroatoms. The van der Waals surface area contributed by atoms with Gasteiger partial charge in [-0.15, -0.1) is 0 Å². The minimum absolute atomic E-state index is 0.292. The molecule has 1 unspecified atom stereocenters. The fourth-order valence-electron chi connectivity index (χ4n) is 2.98. The van der Waals surface area contributed by atoms with E-state index in [1.54, 1.807) is 0 Å². The number of anilines is 2. The van der Waals surface area contributed by atoms with Crippen molar-refractivity contribution in [3.05, 3.63) is 54.1 Å².